The molecule has 0 spiro atoms. The highest BCUT2D eigenvalue weighted by atomic mass is 79.9. The fourth-order valence-electron chi connectivity index (χ4n) is 2.86. The monoisotopic (exact) mass is 347 g/mol. The van der Waals surface area contributed by atoms with Gasteiger partial charge in [0.15, 0.2) is 0 Å². The molecule has 1 aliphatic rings. The number of para-hydroxylation sites is 1. The summed E-state index contributed by atoms with van der Waals surface area (Å²) < 4.78 is 14.7. The molecule has 2 nitrogen and oxygen atoms in total. The molecule has 0 unspecified atom stereocenters. The highest BCUT2D eigenvalue weighted by Crippen LogP contribution is 2.32. The van der Waals surface area contributed by atoms with Gasteiger partial charge in [0.25, 0.3) is 5.91 Å². The van der Waals surface area contributed by atoms with Crippen molar-refractivity contribution in [1.29, 1.82) is 0 Å². The Balaban J connectivity index is 2.06. The number of carbonyl (C=O) groups is 1. The van der Waals surface area contributed by atoms with Crippen LogP contribution in [-0.4, -0.2) is 12.5 Å². The number of nitrogens with zero attached hydrogens (tertiary/aromatic N) is 1. The quantitative estimate of drug-likeness (QED) is 0.744. The van der Waals surface area contributed by atoms with Crippen LogP contribution in [0.25, 0.3) is 0 Å². The van der Waals surface area contributed by atoms with Gasteiger partial charge in [-0.05, 0) is 49.1 Å². The minimum atomic E-state index is -0.482. The standard InChI is InChI=1S/C17H15BrFNO/c1-11-4-2-5-12-6-3-9-20(16(11)12)17(21)14-10-13(18)7-8-15(14)19/h2,4-5,7-8,10H,3,6,9H2,1H3. The highest BCUT2D eigenvalue weighted by molar-refractivity contribution is 9.10. The molecule has 108 valence electrons. The summed E-state index contributed by atoms with van der Waals surface area (Å²) in [6.07, 6.45) is 1.86. The van der Waals surface area contributed by atoms with E-state index in [1.807, 2.05) is 25.1 Å². The van der Waals surface area contributed by atoms with E-state index in [1.165, 1.54) is 6.07 Å². The van der Waals surface area contributed by atoms with Crippen molar-refractivity contribution in [1.82, 2.24) is 0 Å². The summed E-state index contributed by atoms with van der Waals surface area (Å²) in [6.45, 7) is 2.62. The normalized spacial score (nSPS) is 14.0. The van der Waals surface area contributed by atoms with Crippen LogP contribution in [-0.2, 0) is 6.42 Å². The van der Waals surface area contributed by atoms with Gasteiger partial charge in [-0.2, -0.15) is 0 Å². The maximum Gasteiger partial charge on any atom is 0.261 e. The molecule has 0 radical (unpaired) electrons. The molecule has 0 saturated carbocycles. The fourth-order valence-corrected chi connectivity index (χ4v) is 3.22. The van der Waals surface area contributed by atoms with Gasteiger partial charge < -0.3 is 4.90 Å². The van der Waals surface area contributed by atoms with Crippen molar-refractivity contribution in [3.05, 3.63) is 63.4 Å². The fraction of sp³-hybridized carbons (Fsp3) is 0.235. The van der Waals surface area contributed by atoms with Crippen LogP contribution < -0.4 is 4.90 Å². The Kier molecular flexibility index (Phi) is 3.81. The SMILES string of the molecule is Cc1cccc2c1N(C(=O)c1cc(Br)ccc1F)CCC2. The molecule has 1 amide bonds. The Labute approximate surface area is 131 Å². The summed E-state index contributed by atoms with van der Waals surface area (Å²) in [7, 11) is 0. The Morgan fingerprint density at radius 3 is 2.90 bits per heavy atom. The van der Waals surface area contributed by atoms with Gasteiger partial charge in [-0.1, -0.05) is 34.1 Å². The zero-order valence-electron chi connectivity index (χ0n) is 11.7. The average Bonchev–Trinajstić information content (AvgIpc) is 2.49. The molecule has 2 aromatic carbocycles. The summed E-state index contributed by atoms with van der Waals surface area (Å²) >= 11 is 3.30. The predicted molar refractivity (Wildman–Crippen MR) is 85.3 cm³/mol. The molecule has 2 aromatic rings. The molecule has 1 aliphatic heterocycles. The first-order valence-corrected chi connectivity index (χ1v) is 7.72. The number of fused-ring (bicyclic) bond motifs is 1. The molecule has 3 rings (SSSR count). The number of hydrogen-bond acceptors (Lipinski definition) is 1. The van der Waals surface area contributed by atoms with Crippen molar-refractivity contribution in [2.45, 2.75) is 19.8 Å². The maximum atomic E-state index is 14.0. The maximum absolute atomic E-state index is 14.0. The second-order valence-corrected chi connectivity index (χ2v) is 6.18. The number of aryl methyl sites for hydroxylation is 2. The van der Waals surface area contributed by atoms with Crippen LogP contribution >= 0.6 is 15.9 Å². The van der Waals surface area contributed by atoms with Gasteiger partial charge in [-0.25, -0.2) is 4.39 Å². The lowest BCUT2D eigenvalue weighted by Gasteiger charge is -2.31. The van der Waals surface area contributed by atoms with E-state index in [0.717, 1.165) is 29.7 Å². The first-order chi connectivity index (χ1) is 10.1. The van der Waals surface area contributed by atoms with E-state index >= 15 is 0 Å². The van der Waals surface area contributed by atoms with E-state index in [1.54, 1.807) is 17.0 Å². The molecule has 0 aromatic heterocycles. The van der Waals surface area contributed by atoms with Crippen molar-refractivity contribution in [2.24, 2.45) is 0 Å². The van der Waals surface area contributed by atoms with E-state index in [2.05, 4.69) is 15.9 Å². The third kappa shape index (κ3) is 2.60. The molecule has 0 aliphatic carbocycles. The van der Waals surface area contributed by atoms with Gasteiger partial charge in [-0.3, -0.25) is 4.79 Å². The van der Waals surface area contributed by atoms with Crippen LogP contribution in [0.4, 0.5) is 10.1 Å². The highest BCUT2D eigenvalue weighted by Gasteiger charge is 2.26. The Morgan fingerprint density at radius 2 is 2.10 bits per heavy atom. The van der Waals surface area contributed by atoms with E-state index in [0.29, 0.717) is 11.0 Å². The summed E-state index contributed by atoms with van der Waals surface area (Å²) in [4.78, 5) is 14.5. The van der Waals surface area contributed by atoms with E-state index in [-0.39, 0.29) is 11.5 Å². The van der Waals surface area contributed by atoms with E-state index < -0.39 is 5.82 Å². The van der Waals surface area contributed by atoms with E-state index in [9.17, 15) is 9.18 Å². The first-order valence-electron chi connectivity index (χ1n) is 6.93. The van der Waals surface area contributed by atoms with Crippen LogP contribution in [0.1, 0.15) is 27.9 Å². The molecule has 0 fully saturated rings. The predicted octanol–water partition coefficient (Wildman–Crippen LogP) is 4.49. The smallest absolute Gasteiger partial charge is 0.261 e. The van der Waals surface area contributed by atoms with Gasteiger partial charge >= 0.3 is 0 Å². The second-order valence-electron chi connectivity index (χ2n) is 5.27. The molecular formula is C17H15BrFNO. The van der Waals surface area contributed by atoms with Crippen LogP contribution in [0.5, 0.6) is 0 Å². The Morgan fingerprint density at radius 1 is 1.29 bits per heavy atom. The number of hydrogen-bond donors (Lipinski definition) is 0. The number of carbonyl (C=O) groups excluding carboxylic acids is 1. The van der Waals surface area contributed by atoms with E-state index in [4.69, 9.17) is 0 Å². The van der Waals surface area contributed by atoms with Gasteiger partial charge in [0, 0.05) is 11.0 Å². The van der Waals surface area contributed by atoms with Crippen molar-refractivity contribution >= 4 is 27.5 Å². The molecular weight excluding hydrogens is 333 g/mol. The van der Waals surface area contributed by atoms with Crippen molar-refractivity contribution in [3.63, 3.8) is 0 Å². The average molecular weight is 348 g/mol. The largest absolute Gasteiger partial charge is 0.308 e. The summed E-state index contributed by atoms with van der Waals surface area (Å²) in [5, 5.41) is 0. The lowest BCUT2D eigenvalue weighted by molar-refractivity contribution is 0.0981. The number of halogens is 2. The van der Waals surface area contributed by atoms with Crippen LogP contribution in [0, 0.1) is 12.7 Å². The molecule has 0 saturated heterocycles. The van der Waals surface area contributed by atoms with Gasteiger partial charge in [0.2, 0.25) is 0 Å². The molecule has 21 heavy (non-hydrogen) atoms. The van der Waals surface area contributed by atoms with Crippen molar-refractivity contribution in [2.75, 3.05) is 11.4 Å². The van der Waals surface area contributed by atoms with Crippen molar-refractivity contribution in [3.8, 4) is 0 Å². The van der Waals surface area contributed by atoms with Crippen molar-refractivity contribution < 1.29 is 9.18 Å². The van der Waals surface area contributed by atoms with Crippen LogP contribution in [0.3, 0.4) is 0 Å². The van der Waals surface area contributed by atoms with Crippen LogP contribution in [0.2, 0.25) is 0 Å². The third-order valence-electron chi connectivity index (χ3n) is 3.82. The number of amides is 1. The minimum absolute atomic E-state index is 0.112. The lowest BCUT2D eigenvalue weighted by atomic mass is 9.97. The summed E-state index contributed by atoms with van der Waals surface area (Å²) in [5.74, 6) is -0.757. The number of benzene rings is 2. The lowest BCUT2D eigenvalue weighted by Crippen LogP contribution is -2.36. The molecule has 4 heteroatoms. The molecule has 0 N–H and O–H groups in total. The number of anilines is 1. The second kappa shape index (κ2) is 5.60. The zero-order chi connectivity index (χ0) is 15.0. The minimum Gasteiger partial charge on any atom is -0.308 e. The molecule has 0 bridgehead atoms. The van der Waals surface area contributed by atoms with Gasteiger partial charge in [-0.15, -0.1) is 0 Å². The zero-order valence-corrected chi connectivity index (χ0v) is 13.3. The Bertz CT molecular complexity index is 714. The number of rotatable bonds is 1. The molecule has 0 atom stereocenters. The summed E-state index contributed by atoms with van der Waals surface area (Å²) in [6, 6.07) is 10.5. The summed E-state index contributed by atoms with van der Waals surface area (Å²) in [5.41, 5.74) is 3.26. The first kappa shape index (κ1) is 14.3. The molecule has 1 heterocycles. The Hall–Kier alpha value is -1.68. The van der Waals surface area contributed by atoms with Crippen LogP contribution in [0.15, 0.2) is 40.9 Å². The van der Waals surface area contributed by atoms with Gasteiger partial charge in [0.1, 0.15) is 5.82 Å². The van der Waals surface area contributed by atoms with Gasteiger partial charge in [0.05, 0.1) is 11.3 Å². The third-order valence-corrected chi connectivity index (χ3v) is 4.32. The topological polar surface area (TPSA) is 20.3 Å².